The molecule has 29 heavy (non-hydrogen) atoms. The maximum absolute atomic E-state index is 12.8. The molecule has 4 nitrogen and oxygen atoms in total. The Labute approximate surface area is 172 Å². The van der Waals surface area contributed by atoms with E-state index in [1.54, 1.807) is 16.4 Å². The quantitative estimate of drug-likeness (QED) is 0.605. The molecule has 3 aromatic rings. The molecular formula is C24H25NO3S. The molecule has 0 aliphatic carbocycles. The topological polar surface area (TPSA) is 46.6 Å². The van der Waals surface area contributed by atoms with Crippen LogP contribution in [-0.2, 0) is 10.0 Å². The summed E-state index contributed by atoms with van der Waals surface area (Å²) in [6.45, 7) is 2.90. The predicted octanol–water partition coefficient (Wildman–Crippen LogP) is 4.89. The van der Waals surface area contributed by atoms with Crippen molar-refractivity contribution in [1.82, 2.24) is 4.31 Å². The highest BCUT2D eigenvalue weighted by atomic mass is 32.2. The van der Waals surface area contributed by atoms with Gasteiger partial charge in [0.25, 0.3) is 0 Å². The lowest BCUT2D eigenvalue weighted by molar-refractivity contribution is 0.135. The summed E-state index contributed by atoms with van der Waals surface area (Å²) < 4.78 is 33.3. The molecule has 1 saturated heterocycles. The Hall–Kier alpha value is -2.63. The lowest BCUT2D eigenvalue weighted by Crippen LogP contribution is -2.41. The number of nitrogens with zero attached hydrogens (tertiary/aromatic N) is 1. The van der Waals surface area contributed by atoms with Crippen LogP contribution in [0.4, 0.5) is 0 Å². The van der Waals surface area contributed by atoms with Gasteiger partial charge in [-0.15, -0.1) is 0 Å². The molecule has 150 valence electrons. The van der Waals surface area contributed by atoms with Crippen molar-refractivity contribution in [1.29, 1.82) is 0 Å². The first-order valence-electron chi connectivity index (χ1n) is 9.91. The van der Waals surface area contributed by atoms with Gasteiger partial charge in [-0.05, 0) is 55.2 Å². The van der Waals surface area contributed by atoms with Crippen molar-refractivity contribution in [2.75, 3.05) is 13.1 Å². The van der Waals surface area contributed by atoms with Gasteiger partial charge in [0.2, 0.25) is 10.0 Å². The van der Waals surface area contributed by atoms with E-state index < -0.39 is 10.0 Å². The van der Waals surface area contributed by atoms with Crippen molar-refractivity contribution in [2.45, 2.75) is 30.8 Å². The van der Waals surface area contributed by atoms with E-state index in [0.717, 1.165) is 16.9 Å². The van der Waals surface area contributed by atoms with Gasteiger partial charge in [-0.25, -0.2) is 8.42 Å². The third-order valence-electron chi connectivity index (χ3n) is 5.32. The zero-order valence-corrected chi connectivity index (χ0v) is 17.3. The molecule has 0 bridgehead atoms. The van der Waals surface area contributed by atoms with Crippen LogP contribution >= 0.6 is 0 Å². The summed E-state index contributed by atoms with van der Waals surface area (Å²) >= 11 is 0. The molecule has 1 aliphatic rings. The van der Waals surface area contributed by atoms with Crippen LogP contribution in [-0.4, -0.2) is 31.9 Å². The van der Waals surface area contributed by atoms with Crippen molar-refractivity contribution in [3.63, 3.8) is 0 Å². The molecule has 1 fully saturated rings. The number of rotatable bonds is 5. The SMILES string of the molecule is Cc1ccc(S(=O)(=O)N2CCC(Oc3ccc(-c4ccccc4)cc3)CC2)cc1. The molecule has 0 N–H and O–H groups in total. The van der Waals surface area contributed by atoms with Gasteiger partial charge in [0.1, 0.15) is 11.9 Å². The zero-order valence-electron chi connectivity index (χ0n) is 16.5. The number of ether oxygens (including phenoxy) is 1. The van der Waals surface area contributed by atoms with Crippen LogP contribution in [0.2, 0.25) is 0 Å². The van der Waals surface area contributed by atoms with E-state index in [9.17, 15) is 8.42 Å². The molecule has 0 aromatic heterocycles. The normalized spacial score (nSPS) is 15.9. The molecule has 5 heteroatoms. The third kappa shape index (κ3) is 4.52. The molecule has 4 rings (SSSR count). The fourth-order valence-corrected chi connectivity index (χ4v) is 5.07. The molecule has 0 unspecified atom stereocenters. The van der Waals surface area contributed by atoms with E-state index >= 15 is 0 Å². The van der Waals surface area contributed by atoms with E-state index in [1.165, 1.54) is 5.56 Å². The maximum Gasteiger partial charge on any atom is 0.243 e. The van der Waals surface area contributed by atoms with E-state index in [1.807, 2.05) is 49.4 Å². The van der Waals surface area contributed by atoms with Gasteiger partial charge in [-0.2, -0.15) is 4.31 Å². The van der Waals surface area contributed by atoms with E-state index in [-0.39, 0.29) is 6.10 Å². The summed E-state index contributed by atoms with van der Waals surface area (Å²) in [5.41, 5.74) is 3.37. The average Bonchev–Trinajstić information content (AvgIpc) is 2.76. The Bertz CT molecular complexity index is 1040. The van der Waals surface area contributed by atoms with Gasteiger partial charge < -0.3 is 4.74 Å². The lowest BCUT2D eigenvalue weighted by atomic mass is 10.1. The number of aryl methyl sites for hydroxylation is 1. The van der Waals surface area contributed by atoms with Gasteiger partial charge in [0.05, 0.1) is 4.90 Å². The lowest BCUT2D eigenvalue weighted by Gasteiger charge is -2.31. The van der Waals surface area contributed by atoms with Crippen LogP contribution in [0.25, 0.3) is 11.1 Å². The molecule has 0 radical (unpaired) electrons. The van der Waals surface area contributed by atoms with Gasteiger partial charge >= 0.3 is 0 Å². The van der Waals surface area contributed by atoms with Crippen LogP contribution in [0, 0.1) is 6.92 Å². The fraction of sp³-hybridized carbons (Fsp3) is 0.250. The van der Waals surface area contributed by atoms with Crippen molar-refractivity contribution >= 4 is 10.0 Å². The third-order valence-corrected chi connectivity index (χ3v) is 7.24. The van der Waals surface area contributed by atoms with E-state index in [0.29, 0.717) is 30.8 Å². The Balaban J connectivity index is 1.36. The first-order chi connectivity index (χ1) is 14.0. The van der Waals surface area contributed by atoms with Gasteiger partial charge in [0.15, 0.2) is 0 Å². The second-order valence-corrected chi connectivity index (χ2v) is 9.36. The first kappa shape index (κ1) is 19.7. The molecular weight excluding hydrogens is 382 g/mol. The van der Waals surface area contributed by atoms with Crippen LogP contribution in [0.1, 0.15) is 18.4 Å². The summed E-state index contributed by atoms with van der Waals surface area (Å²) in [7, 11) is -3.43. The Morgan fingerprint density at radius 3 is 2.00 bits per heavy atom. The summed E-state index contributed by atoms with van der Waals surface area (Å²) in [6.07, 6.45) is 1.40. The van der Waals surface area contributed by atoms with Gasteiger partial charge in [0, 0.05) is 13.1 Å². The summed E-state index contributed by atoms with van der Waals surface area (Å²) in [4.78, 5) is 0.360. The fourth-order valence-electron chi connectivity index (χ4n) is 3.60. The number of hydrogen-bond donors (Lipinski definition) is 0. The van der Waals surface area contributed by atoms with Crippen LogP contribution in [0.3, 0.4) is 0 Å². The van der Waals surface area contributed by atoms with E-state index in [4.69, 9.17) is 4.74 Å². The molecule has 1 heterocycles. The maximum atomic E-state index is 12.8. The van der Waals surface area contributed by atoms with E-state index in [2.05, 4.69) is 24.3 Å². The number of sulfonamides is 1. The summed E-state index contributed by atoms with van der Waals surface area (Å²) in [5.74, 6) is 0.824. The Morgan fingerprint density at radius 2 is 1.38 bits per heavy atom. The van der Waals surface area contributed by atoms with Crippen molar-refractivity contribution < 1.29 is 13.2 Å². The first-order valence-corrected chi connectivity index (χ1v) is 11.4. The largest absolute Gasteiger partial charge is 0.490 e. The van der Waals surface area contributed by atoms with Gasteiger partial charge in [-0.3, -0.25) is 0 Å². The van der Waals surface area contributed by atoms with Gasteiger partial charge in [-0.1, -0.05) is 60.2 Å². The predicted molar refractivity (Wildman–Crippen MR) is 115 cm³/mol. The zero-order chi connectivity index (χ0) is 20.3. The molecule has 0 saturated carbocycles. The van der Waals surface area contributed by atoms with Crippen molar-refractivity contribution in [3.05, 3.63) is 84.4 Å². The molecule has 0 atom stereocenters. The summed E-state index contributed by atoms with van der Waals surface area (Å²) in [5, 5.41) is 0. The molecule has 1 aliphatic heterocycles. The Kier molecular flexibility index (Phi) is 5.69. The van der Waals surface area contributed by atoms with Crippen molar-refractivity contribution in [2.24, 2.45) is 0 Å². The van der Waals surface area contributed by atoms with Crippen LogP contribution in [0.15, 0.2) is 83.8 Å². The monoisotopic (exact) mass is 407 g/mol. The van der Waals surface area contributed by atoms with Crippen LogP contribution in [0.5, 0.6) is 5.75 Å². The minimum atomic E-state index is -3.43. The molecule has 0 spiro atoms. The van der Waals surface area contributed by atoms with Crippen LogP contribution < -0.4 is 4.74 Å². The minimum Gasteiger partial charge on any atom is -0.490 e. The smallest absolute Gasteiger partial charge is 0.243 e. The van der Waals surface area contributed by atoms with Crippen molar-refractivity contribution in [3.8, 4) is 16.9 Å². The molecule has 0 amide bonds. The number of piperidine rings is 1. The number of hydrogen-bond acceptors (Lipinski definition) is 3. The minimum absolute atomic E-state index is 0.0297. The Morgan fingerprint density at radius 1 is 0.793 bits per heavy atom. The summed E-state index contributed by atoms with van der Waals surface area (Å²) in [6, 6.07) is 25.3. The standard InChI is InChI=1S/C24H25NO3S/c1-19-7-13-24(14-8-19)29(26,27)25-17-15-23(16-18-25)28-22-11-9-21(10-12-22)20-5-3-2-4-6-20/h2-14,23H,15-18H2,1H3. The highest BCUT2D eigenvalue weighted by Gasteiger charge is 2.30. The second-order valence-electron chi connectivity index (χ2n) is 7.42. The second kappa shape index (κ2) is 8.39. The highest BCUT2D eigenvalue weighted by Crippen LogP contribution is 2.26. The highest BCUT2D eigenvalue weighted by molar-refractivity contribution is 7.89. The number of benzene rings is 3. The average molecular weight is 408 g/mol. The molecule has 3 aromatic carbocycles.